The van der Waals surface area contributed by atoms with Crippen molar-refractivity contribution in [3.05, 3.63) is 77.8 Å². The molecule has 2 aromatic carbocycles. The summed E-state index contributed by atoms with van der Waals surface area (Å²) >= 11 is 4.38. The quantitative estimate of drug-likeness (QED) is 0.351. The molecule has 194 valence electrons. The Morgan fingerprint density at radius 3 is 2.47 bits per heavy atom. The van der Waals surface area contributed by atoms with E-state index >= 15 is 0 Å². The number of rotatable bonds is 10. The molecule has 6 nitrogen and oxygen atoms in total. The van der Waals surface area contributed by atoms with E-state index in [4.69, 9.17) is 10.7 Å². The van der Waals surface area contributed by atoms with Crippen LogP contribution in [-0.4, -0.2) is 50.9 Å². The number of hydrogen-bond acceptors (Lipinski definition) is 5. The molecule has 1 amide bonds. The lowest BCUT2D eigenvalue weighted by molar-refractivity contribution is -0.140. The number of hydrogen-bond donors (Lipinski definition) is 3. The molecule has 0 aliphatic heterocycles. The van der Waals surface area contributed by atoms with E-state index in [-0.39, 0.29) is 23.7 Å². The van der Waals surface area contributed by atoms with E-state index in [1.165, 1.54) is 0 Å². The Labute approximate surface area is 216 Å². The van der Waals surface area contributed by atoms with Gasteiger partial charge in [0.1, 0.15) is 24.1 Å². The summed E-state index contributed by atoms with van der Waals surface area (Å²) < 4.78 is 30.6. The van der Waals surface area contributed by atoms with Gasteiger partial charge >= 0.3 is 0 Å². The fourth-order valence-electron chi connectivity index (χ4n) is 4.30. The third kappa shape index (κ3) is 6.52. The number of benzene rings is 2. The van der Waals surface area contributed by atoms with Gasteiger partial charge in [0.2, 0.25) is 5.91 Å². The van der Waals surface area contributed by atoms with Gasteiger partial charge in [0, 0.05) is 24.8 Å². The molecular formula is C27H34F2N4O2S. The van der Waals surface area contributed by atoms with E-state index in [9.17, 15) is 18.7 Å². The van der Waals surface area contributed by atoms with Crippen molar-refractivity contribution < 1.29 is 18.7 Å². The number of imidazole rings is 1. The average molecular weight is 517 g/mol. The Kier molecular flexibility index (Phi) is 9.27. The number of nitrogens with two attached hydrogens (primary N) is 1. The van der Waals surface area contributed by atoms with Crippen molar-refractivity contribution in [3.8, 4) is 11.3 Å². The summed E-state index contributed by atoms with van der Waals surface area (Å²) in [5.74, 6) is -0.785. The summed E-state index contributed by atoms with van der Waals surface area (Å²) in [7, 11) is 0. The van der Waals surface area contributed by atoms with Crippen molar-refractivity contribution in [2.24, 2.45) is 17.1 Å². The van der Waals surface area contributed by atoms with Crippen LogP contribution in [0.3, 0.4) is 0 Å². The van der Waals surface area contributed by atoms with E-state index in [0.717, 1.165) is 23.8 Å². The van der Waals surface area contributed by atoms with E-state index in [1.54, 1.807) is 11.1 Å². The molecule has 3 aromatic rings. The lowest BCUT2D eigenvalue weighted by Gasteiger charge is -2.41. The maximum Gasteiger partial charge on any atom is 0.248 e. The van der Waals surface area contributed by atoms with Gasteiger partial charge in [0.25, 0.3) is 0 Å². The molecule has 0 spiro atoms. The maximum atomic E-state index is 14.7. The number of aromatic nitrogens is 2. The third-order valence-electron chi connectivity index (χ3n) is 6.09. The van der Waals surface area contributed by atoms with Crippen molar-refractivity contribution in [2.45, 2.75) is 33.4 Å². The van der Waals surface area contributed by atoms with Gasteiger partial charge in [-0.1, -0.05) is 51.1 Å². The predicted molar refractivity (Wildman–Crippen MR) is 141 cm³/mol. The number of aliphatic hydroxyl groups is 1. The largest absolute Gasteiger partial charge is 0.387 e. The number of carbonyl (C=O) groups is 1. The molecule has 9 heteroatoms. The summed E-state index contributed by atoms with van der Waals surface area (Å²) in [4.78, 5) is 19.4. The van der Waals surface area contributed by atoms with Crippen LogP contribution in [-0.2, 0) is 11.3 Å². The number of carbonyl (C=O) groups excluding carboxylic acids is 1. The van der Waals surface area contributed by atoms with E-state index in [2.05, 4.69) is 12.6 Å². The fourth-order valence-corrected chi connectivity index (χ4v) is 4.56. The normalized spacial score (nSPS) is 13.4. The van der Waals surface area contributed by atoms with Gasteiger partial charge in [-0.3, -0.25) is 4.79 Å². The Bertz CT molecular complexity index is 1160. The molecule has 0 saturated carbocycles. The fraction of sp³-hybridized carbons (Fsp3) is 0.407. The number of nitrogens with zero attached hydrogens (tertiary/aromatic N) is 3. The minimum Gasteiger partial charge on any atom is -0.387 e. The van der Waals surface area contributed by atoms with Crippen LogP contribution in [0.5, 0.6) is 0 Å². The lowest BCUT2D eigenvalue weighted by Crippen LogP contribution is -2.47. The first-order valence-corrected chi connectivity index (χ1v) is 12.5. The monoisotopic (exact) mass is 516 g/mol. The van der Waals surface area contributed by atoms with Crippen molar-refractivity contribution in [2.75, 3.05) is 25.4 Å². The summed E-state index contributed by atoms with van der Waals surface area (Å²) in [6.45, 7) is 6.21. The van der Waals surface area contributed by atoms with Crippen LogP contribution in [0.2, 0.25) is 0 Å². The molecule has 0 bridgehead atoms. The zero-order chi connectivity index (χ0) is 26.5. The molecule has 1 aromatic heterocycles. The number of amides is 1. The van der Waals surface area contributed by atoms with Gasteiger partial charge in [0.05, 0.1) is 11.7 Å². The van der Waals surface area contributed by atoms with Gasteiger partial charge in [-0.2, -0.15) is 12.6 Å². The molecule has 3 N–H and O–H groups in total. The third-order valence-corrected chi connectivity index (χ3v) is 6.60. The lowest BCUT2D eigenvalue weighted by atomic mass is 9.84. The van der Waals surface area contributed by atoms with Crippen LogP contribution in [0.4, 0.5) is 8.78 Å². The van der Waals surface area contributed by atoms with Gasteiger partial charge < -0.3 is 20.3 Å². The van der Waals surface area contributed by atoms with Gasteiger partial charge in [0.15, 0.2) is 0 Å². The smallest absolute Gasteiger partial charge is 0.248 e. The highest BCUT2D eigenvalue weighted by atomic mass is 32.1. The molecule has 0 aliphatic carbocycles. The zero-order valence-corrected chi connectivity index (χ0v) is 21.8. The van der Waals surface area contributed by atoms with Gasteiger partial charge in [-0.25, -0.2) is 13.8 Å². The highest BCUT2D eigenvalue weighted by molar-refractivity contribution is 7.80. The average Bonchev–Trinajstić information content (AvgIpc) is 3.24. The van der Waals surface area contributed by atoms with Crippen LogP contribution >= 0.6 is 12.6 Å². The molecule has 0 fully saturated rings. The first kappa shape index (κ1) is 27.8. The topological polar surface area (TPSA) is 84.4 Å². The molecule has 1 heterocycles. The van der Waals surface area contributed by atoms with Crippen molar-refractivity contribution in [3.63, 3.8) is 0 Å². The van der Waals surface area contributed by atoms with Crippen molar-refractivity contribution >= 4 is 18.5 Å². The minimum atomic E-state index is -0.679. The van der Waals surface area contributed by atoms with Crippen LogP contribution < -0.4 is 5.73 Å². The SMILES string of the molecule is CC(C)(C)[C@H](c1nc(-c2cc(F)ccc2F)cn1Cc1ccccc1)N(CC(CN)CS)C(=O)CO. The van der Waals surface area contributed by atoms with E-state index < -0.39 is 35.6 Å². The Morgan fingerprint density at radius 1 is 1.19 bits per heavy atom. The number of thiol groups is 1. The van der Waals surface area contributed by atoms with Crippen molar-refractivity contribution in [1.29, 1.82) is 0 Å². The van der Waals surface area contributed by atoms with E-state index in [1.807, 2.05) is 55.7 Å². The molecule has 2 atom stereocenters. The second-order valence-corrected chi connectivity index (χ2v) is 10.3. The van der Waals surface area contributed by atoms with Crippen LogP contribution in [0.25, 0.3) is 11.3 Å². The molecule has 36 heavy (non-hydrogen) atoms. The zero-order valence-electron chi connectivity index (χ0n) is 20.9. The Hall–Kier alpha value is -2.75. The van der Waals surface area contributed by atoms with Crippen LogP contribution in [0, 0.1) is 23.0 Å². The highest BCUT2D eigenvalue weighted by Crippen LogP contribution is 2.39. The van der Waals surface area contributed by atoms with Crippen LogP contribution in [0.1, 0.15) is 38.2 Å². The first-order chi connectivity index (χ1) is 17.1. The minimum absolute atomic E-state index is 0.0333. The number of aliphatic hydroxyl groups excluding tert-OH is 1. The van der Waals surface area contributed by atoms with Gasteiger partial charge in [-0.15, -0.1) is 0 Å². The maximum absolute atomic E-state index is 14.7. The molecular weight excluding hydrogens is 482 g/mol. The predicted octanol–water partition coefficient (Wildman–Crippen LogP) is 4.29. The first-order valence-electron chi connectivity index (χ1n) is 11.9. The summed E-state index contributed by atoms with van der Waals surface area (Å²) in [6.07, 6.45) is 1.68. The summed E-state index contributed by atoms with van der Waals surface area (Å²) in [5, 5.41) is 9.82. The van der Waals surface area contributed by atoms with Gasteiger partial charge in [-0.05, 0) is 47.4 Å². The van der Waals surface area contributed by atoms with Crippen LogP contribution in [0.15, 0.2) is 54.7 Å². The molecule has 3 rings (SSSR count). The molecule has 1 unspecified atom stereocenters. The second kappa shape index (κ2) is 12.0. The summed E-state index contributed by atoms with van der Waals surface area (Å²) in [6, 6.07) is 12.3. The molecule has 0 radical (unpaired) electrons. The Balaban J connectivity index is 2.22. The standard InChI is InChI=1S/C27H34F2N4O2S/c1-27(2,3)25(33(24(35)16-34)14-19(12-30)17-36)26-31-23(21-11-20(28)9-10-22(21)29)15-32(26)13-18-7-5-4-6-8-18/h4-11,15,19,25,34,36H,12-14,16-17,30H2,1-3H3/t19?,25-/m0/s1. The van der Waals surface area contributed by atoms with E-state index in [0.29, 0.717) is 24.7 Å². The number of halogens is 2. The highest BCUT2D eigenvalue weighted by Gasteiger charge is 2.39. The van der Waals surface area contributed by atoms with Crippen molar-refractivity contribution in [1.82, 2.24) is 14.5 Å². The second-order valence-electron chi connectivity index (χ2n) is 9.98. The molecule has 0 aliphatic rings. The Morgan fingerprint density at radius 2 is 1.89 bits per heavy atom. The summed E-state index contributed by atoms with van der Waals surface area (Å²) in [5.41, 5.74) is 6.66. The molecule has 0 saturated heterocycles.